The number of hydrogen-bond acceptors (Lipinski definition) is 5. The van der Waals surface area contributed by atoms with Crippen LogP contribution in [0.3, 0.4) is 0 Å². The Labute approximate surface area is 301 Å². The van der Waals surface area contributed by atoms with Crippen LogP contribution in [-0.2, 0) is 20.1 Å². The molecule has 5 nitrogen and oxygen atoms in total. The van der Waals surface area contributed by atoms with Gasteiger partial charge < -0.3 is 38.7 Å². The van der Waals surface area contributed by atoms with Crippen molar-refractivity contribution in [1.29, 1.82) is 0 Å². The first-order valence-corrected chi connectivity index (χ1v) is 16.0. The van der Waals surface area contributed by atoms with Crippen LogP contribution in [0.2, 0.25) is 0 Å². The van der Waals surface area contributed by atoms with E-state index in [4.69, 9.17) is 25.4 Å². The van der Waals surface area contributed by atoms with Gasteiger partial charge in [0, 0.05) is 36.8 Å². The van der Waals surface area contributed by atoms with Crippen LogP contribution in [0, 0.1) is 29.2 Å². The molecule has 6 aromatic carbocycles. The van der Waals surface area contributed by atoms with Crippen molar-refractivity contribution in [2.45, 2.75) is 19.0 Å². The number of methoxy groups -OCH3 is 2. The van der Waals surface area contributed by atoms with Crippen LogP contribution in [0.25, 0.3) is 32.7 Å². The normalized spacial score (nSPS) is 13.0. The third-order valence-electron chi connectivity index (χ3n) is 8.48. The standard InChI is InChI=1S/C38H33NO4P.3CH3.Ir/c1-25(29-15-9-11-19-33(29)40-3)39(26(2)30-16-10-12-20-34(30)41-4)44-42-35-23-21-27-13-5-7-17-31(27)37(35)38-32-18-8-6-14-28(32)22-24-36(38)43-44;;;;/h5-26H,1H2,2-4H3;3*1H3;/q4*-1;/p+1/t25-,26-;;;;/m1..../s1. The van der Waals surface area contributed by atoms with Crippen LogP contribution in [-0.4, -0.2) is 18.9 Å². The molecule has 1 heterocycles. The Morgan fingerprint density at radius 1 is 0.583 bits per heavy atom. The van der Waals surface area contributed by atoms with Crippen molar-refractivity contribution in [3.63, 3.8) is 0 Å². The van der Waals surface area contributed by atoms with E-state index in [2.05, 4.69) is 96.5 Å². The van der Waals surface area contributed by atoms with E-state index < -0.39 is 8.53 Å². The molecular formula is C41H43IrNO4P-3. The number of para-hydroxylation sites is 2. The molecule has 0 bridgehead atoms. The van der Waals surface area contributed by atoms with Crippen LogP contribution in [0.15, 0.2) is 121 Å². The summed E-state index contributed by atoms with van der Waals surface area (Å²) in [5, 5.41) is 4.53. The number of hydrogen-bond donors (Lipinski definition) is 0. The second-order valence-corrected chi connectivity index (χ2v) is 12.3. The predicted molar refractivity (Wildman–Crippen MR) is 200 cm³/mol. The van der Waals surface area contributed by atoms with Crippen molar-refractivity contribution in [3.05, 3.63) is 162 Å². The second-order valence-electron chi connectivity index (χ2n) is 10.9. The van der Waals surface area contributed by atoms with Gasteiger partial charge in [-0.3, -0.25) is 9.05 Å². The van der Waals surface area contributed by atoms with Crippen molar-refractivity contribution in [2.75, 3.05) is 14.2 Å². The summed E-state index contributed by atoms with van der Waals surface area (Å²) in [4.78, 5) is 0. The van der Waals surface area contributed by atoms with Crippen LogP contribution in [0.4, 0.5) is 0 Å². The largest absolute Gasteiger partial charge is 0.497 e. The van der Waals surface area contributed by atoms with Gasteiger partial charge >= 0.3 is 8.53 Å². The molecule has 6 aromatic rings. The molecule has 0 amide bonds. The number of ether oxygens (including phenoxy) is 2. The fraction of sp³-hybridized carbons (Fsp3) is 0.122. The fourth-order valence-electron chi connectivity index (χ4n) is 6.31. The van der Waals surface area contributed by atoms with Crippen molar-refractivity contribution in [1.82, 2.24) is 4.67 Å². The van der Waals surface area contributed by atoms with Gasteiger partial charge in [0.2, 0.25) is 0 Å². The van der Waals surface area contributed by atoms with Crippen molar-refractivity contribution >= 4 is 30.1 Å². The van der Waals surface area contributed by atoms with Crippen molar-refractivity contribution in [3.8, 4) is 34.1 Å². The van der Waals surface area contributed by atoms with Gasteiger partial charge in [0.1, 0.15) is 11.5 Å². The first kappa shape index (κ1) is 38.5. The maximum Gasteiger partial charge on any atom is 0.425 e. The minimum absolute atomic E-state index is 0. The summed E-state index contributed by atoms with van der Waals surface area (Å²) in [6, 6.07) is 40.9. The van der Waals surface area contributed by atoms with E-state index in [-0.39, 0.29) is 54.5 Å². The first-order valence-electron chi connectivity index (χ1n) is 14.7. The summed E-state index contributed by atoms with van der Waals surface area (Å²) in [6.45, 7) is 6.86. The molecule has 0 unspecified atom stereocenters. The Morgan fingerprint density at radius 2 is 1.00 bits per heavy atom. The second kappa shape index (κ2) is 16.5. The predicted octanol–water partition coefficient (Wildman–Crippen LogP) is 11.4. The number of rotatable bonds is 7. The summed E-state index contributed by atoms with van der Waals surface area (Å²) in [5.74, 6) is 3.14. The first-order chi connectivity index (χ1) is 21.6. The van der Waals surface area contributed by atoms with Gasteiger partial charge in [-0.15, -0.1) is 4.67 Å². The van der Waals surface area contributed by atoms with Crippen LogP contribution >= 0.6 is 8.53 Å². The summed E-state index contributed by atoms with van der Waals surface area (Å²) in [7, 11) is 1.13. The van der Waals surface area contributed by atoms with Gasteiger partial charge in [0.25, 0.3) is 0 Å². The zero-order valence-electron chi connectivity index (χ0n) is 28.3. The fourth-order valence-corrected chi connectivity index (χ4v) is 8.13. The minimum atomic E-state index is -2.26. The topological polar surface area (TPSA) is 40.2 Å². The van der Waals surface area contributed by atoms with Crippen LogP contribution in [0.1, 0.15) is 30.1 Å². The average Bonchev–Trinajstić information content (AvgIpc) is 3.25. The minimum Gasteiger partial charge on any atom is -0.497 e. The molecule has 0 N–H and O–H groups in total. The molecular weight excluding hydrogens is 794 g/mol. The van der Waals surface area contributed by atoms with Crippen molar-refractivity contribution < 1.29 is 38.6 Å². The summed E-state index contributed by atoms with van der Waals surface area (Å²) < 4.78 is 28.0. The van der Waals surface area contributed by atoms with Crippen LogP contribution in [0.5, 0.6) is 23.0 Å². The molecule has 0 aromatic heterocycles. The Hall–Kier alpha value is -3.92. The van der Waals surface area contributed by atoms with Crippen LogP contribution < -0.4 is 18.5 Å². The number of nitrogens with zero attached hydrogens (tertiary/aromatic N) is 1. The quantitative estimate of drug-likeness (QED) is 0.118. The molecule has 2 atom stereocenters. The summed E-state index contributed by atoms with van der Waals surface area (Å²) in [5.41, 5.74) is 4.04. The smallest absolute Gasteiger partial charge is 0.425 e. The SMILES string of the molecule is [CH2-][C@H](c1ccccc1OC)N([C@H](C)c1ccccc1OC)[PH+]1Oc2ccc3ccccc3c2-c2c(ccc3ccccc23)O1.[CH3-].[CH3-].[CH3-].[Ir]. The van der Waals surface area contributed by atoms with E-state index in [1.54, 1.807) is 14.2 Å². The third-order valence-corrected chi connectivity index (χ3v) is 10.4. The molecule has 253 valence electrons. The monoisotopic (exact) mass is 837 g/mol. The van der Waals surface area contributed by atoms with Crippen molar-refractivity contribution in [2.24, 2.45) is 0 Å². The maximum absolute atomic E-state index is 7.07. The van der Waals surface area contributed by atoms with E-state index >= 15 is 0 Å². The Morgan fingerprint density at radius 3 is 1.50 bits per heavy atom. The molecule has 0 saturated heterocycles. The molecule has 1 radical (unpaired) electrons. The van der Waals surface area contributed by atoms with E-state index in [0.717, 1.165) is 66.8 Å². The zero-order chi connectivity index (χ0) is 30.2. The number of benzene rings is 6. The molecule has 0 spiro atoms. The molecule has 0 fully saturated rings. The van der Waals surface area contributed by atoms with Gasteiger partial charge in [-0.2, -0.15) is 0 Å². The van der Waals surface area contributed by atoms with Gasteiger partial charge in [0.15, 0.2) is 11.5 Å². The number of fused-ring (bicyclic) bond motifs is 7. The average molecular weight is 837 g/mol. The van der Waals surface area contributed by atoms with E-state index in [1.165, 1.54) is 0 Å². The van der Waals surface area contributed by atoms with Gasteiger partial charge in [-0.25, -0.2) is 0 Å². The summed E-state index contributed by atoms with van der Waals surface area (Å²) in [6.07, 6.45) is 0. The van der Waals surface area contributed by atoms with Gasteiger partial charge in [0.05, 0.1) is 20.3 Å². The summed E-state index contributed by atoms with van der Waals surface area (Å²) >= 11 is 0. The molecule has 1 aliphatic heterocycles. The van der Waals surface area contributed by atoms with Gasteiger partial charge in [-0.1, -0.05) is 97.1 Å². The molecule has 1 aliphatic rings. The Kier molecular flexibility index (Phi) is 13.2. The molecule has 0 saturated carbocycles. The third kappa shape index (κ3) is 6.81. The Balaban J connectivity index is 0.00000156. The molecule has 7 heteroatoms. The molecule has 7 rings (SSSR count). The molecule has 0 aliphatic carbocycles. The van der Waals surface area contributed by atoms with E-state index in [0.29, 0.717) is 0 Å². The molecule has 48 heavy (non-hydrogen) atoms. The van der Waals surface area contributed by atoms with E-state index in [9.17, 15) is 0 Å². The Bertz CT molecular complexity index is 1840. The van der Waals surface area contributed by atoms with Gasteiger partial charge in [-0.05, 0) is 64.3 Å². The zero-order valence-corrected chi connectivity index (χ0v) is 31.7. The maximum atomic E-state index is 7.07. The van der Waals surface area contributed by atoms with E-state index in [1.807, 2.05) is 36.4 Å².